The lowest BCUT2D eigenvalue weighted by molar-refractivity contribution is 0.459. The average Bonchev–Trinajstić information content (AvgIpc) is 2.33. The highest BCUT2D eigenvalue weighted by Crippen LogP contribution is 2.21. The summed E-state index contributed by atoms with van der Waals surface area (Å²) in [6.07, 6.45) is 1.97. The summed E-state index contributed by atoms with van der Waals surface area (Å²) in [5.41, 5.74) is 2.39. The summed E-state index contributed by atoms with van der Waals surface area (Å²) < 4.78 is 0. The summed E-state index contributed by atoms with van der Waals surface area (Å²) in [5.74, 6) is 0.943. The number of hydrogen-bond acceptors (Lipinski definition) is 1. The number of hydrogen-bond donors (Lipinski definition) is 1. The van der Waals surface area contributed by atoms with Crippen LogP contribution in [0.1, 0.15) is 18.1 Å². The molecule has 0 aliphatic rings. The molecule has 0 amide bonds. The van der Waals surface area contributed by atoms with Gasteiger partial charge in [-0.3, -0.25) is 0 Å². The average molecular weight is 226 g/mol. The Labute approximate surface area is 103 Å². The van der Waals surface area contributed by atoms with Gasteiger partial charge in [0.25, 0.3) is 0 Å². The first-order valence-corrected chi connectivity index (χ1v) is 6.06. The first-order chi connectivity index (χ1) is 8.25. The van der Waals surface area contributed by atoms with Crippen LogP contribution in [0.5, 0.6) is 5.75 Å². The van der Waals surface area contributed by atoms with Gasteiger partial charge < -0.3 is 5.11 Å². The second kappa shape index (κ2) is 5.53. The Morgan fingerprint density at radius 1 is 0.882 bits per heavy atom. The van der Waals surface area contributed by atoms with Crippen molar-refractivity contribution in [1.82, 2.24) is 0 Å². The van der Waals surface area contributed by atoms with E-state index in [1.807, 2.05) is 24.3 Å². The molecule has 1 N–H and O–H groups in total. The maximum Gasteiger partial charge on any atom is 0.118 e. The fourth-order valence-corrected chi connectivity index (χ4v) is 2.15. The van der Waals surface area contributed by atoms with E-state index in [-0.39, 0.29) is 0 Å². The molecule has 2 rings (SSSR count). The lowest BCUT2D eigenvalue weighted by Gasteiger charge is -2.12. The predicted octanol–water partition coefficient (Wildman–Crippen LogP) is 3.81. The molecule has 1 heteroatoms. The van der Waals surface area contributed by atoms with Gasteiger partial charge in [-0.1, -0.05) is 55.5 Å². The molecule has 0 aromatic heterocycles. The van der Waals surface area contributed by atoms with Gasteiger partial charge in [-0.05, 0) is 36.0 Å². The lowest BCUT2D eigenvalue weighted by atomic mass is 9.94. The third-order valence-corrected chi connectivity index (χ3v) is 2.99. The van der Waals surface area contributed by atoms with E-state index in [0.29, 0.717) is 11.7 Å². The van der Waals surface area contributed by atoms with Crippen LogP contribution in [-0.4, -0.2) is 5.11 Å². The van der Waals surface area contributed by atoms with Gasteiger partial charge >= 0.3 is 0 Å². The highest BCUT2D eigenvalue weighted by atomic mass is 16.3. The molecule has 17 heavy (non-hydrogen) atoms. The molecule has 0 unspecified atom stereocenters. The highest BCUT2D eigenvalue weighted by Gasteiger charge is 2.07. The minimum Gasteiger partial charge on any atom is -0.508 e. The molecule has 0 saturated heterocycles. The van der Waals surface area contributed by atoms with E-state index >= 15 is 0 Å². The number of rotatable bonds is 4. The first-order valence-electron chi connectivity index (χ1n) is 6.06. The summed E-state index contributed by atoms with van der Waals surface area (Å²) in [6, 6.07) is 18.1. The minimum atomic E-state index is 0.410. The number of phenolic OH excluding ortho intramolecular Hbond substituents is 1. The zero-order valence-corrected chi connectivity index (χ0v) is 10.1. The standard InChI is InChI=1S/C16H18O/c1-13(11-14-7-3-2-4-8-14)12-15-9-5-6-10-16(15)17/h2-10,13,17H,11-12H2,1H3/t13-/m1/s1. The van der Waals surface area contributed by atoms with Crippen molar-refractivity contribution in [3.8, 4) is 5.75 Å². The van der Waals surface area contributed by atoms with E-state index in [1.54, 1.807) is 6.07 Å². The van der Waals surface area contributed by atoms with Crippen LogP contribution in [0.2, 0.25) is 0 Å². The quantitative estimate of drug-likeness (QED) is 0.840. The Morgan fingerprint density at radius 3 is 2.24 bits per heavy atom. The van der Waals surface area contributed by atoms with Crippen LogP contribution in [0, 0.1) is 5.92 Å². The predicted molar refractivity (Wildman–Crippen MR) is 71.1 cm³/mol. The molecule has 0 aliphatic heterocycles. The SMILES string of the molecule is C[C@H](Cc1ccccc1)Cc1ccccc1O. The molecule has 0 fully saturated rings. The lowest BCUT2D eigenvalue weighted by Crippen LogP contribution is -2.03. The zero-order chi connectivity index (χ0) is 12.1. The molecule has 1 atom stereocenters. The van der Waals surface area contributed by atoms with Crippen molar-refractivity contribution >= 4 is 0 Å². The van der Waals surface area contributed by atoms with Gasteiger partial charge in [0.15, 0.2) is 0 Å². The van der Waals surface area contributed by atoms with Crippen molar-refractivity contribution in [3.05, 3.63) is 65.7 Å². The number of phenols is 1. The van der Waals surface area contributed by atoms with Crippen LogP contribution in [0.3, 0.4) is 0 Å². The zero-order valence-electron chi connectivity index (χ0n) is 10.1. The van der Waals surface area contributed by atoms with Gasteiger partial charge in [0.1, 0.15) is 5.75 Å². The maximum atomic E-state index is 9.73. The summed E-state index contributed by atoms with van der Waals surface area (Å²) in [5, 5.41) is 9.73. The molecular formula is C16H18O. The van der Waals surface area contributed by atoms with E-state index < -0.39 is 0 Å². The van der Waals surface area contributed by atoms with Crippen molar-refractivity contribution < 1.29 is 5.11 Å². The second-order valence-corrected chi connectivity index (χ2v) is 4.63. The Kier molecular flexibility index (Phi) is 3.81. The molecular weight excluding hydrogens is 208 g/mol. The van der Waals surface area contributed by atoms with E-state index in [2.05, 4.69) is 31.2 Å². The Hall–Kier alpha value is -1.76. The van der Waals surface area contributed by atoms with Gasteiger partial charge in [-0.2, -0.15) is 0 Å². The van der Waals surface area contributed by atoms with Gasteiger partial charge in [-0.25, -0.2) is 0 Å². The number of benzene rings is 2. The Balaban J connectivity index is 1.98. The van der Waals surface area contributed by atoms with Crippen molar-refractivity contribution in [2.24, 2.45) is 5.92 Å². The van der Waals surface area contributed by atoms with Crippen LogP contribution in [0.15, 0.2) is 54.6 Å². The summed E-state index contributed by atoms with van der Waals surface area (Å²) in [6.45, 7) is 2.22. The van der Waals surface area contributed by atoms with Crippen LogP contribution < -0.4 is 0 Å². The number of aromatic hydroxyl groups is 1. The Morgan fingerprint density at radius 2 is 1.53 bits per heavy atom. The Bertz CT molecular complexity index is 462. The van der Waals surface area contributed by atoms with Crippen LogP contribution >= 0.6 is 0 Å². The third kappa shape index (κ3) is 3.35. The molecule has 0 radical (unpaired) electrons. The van der Waals surface area contributed by atoms with Crippen molar-refractivity contribution in [3.63, 3.8) is 0 Å². The summed E-state index contributed by atoms with van der Waals surface area (Å²) in [7, 11) is 0. The molecule has 0 aliphatic carbocycles. The molecule has 0 saturated carbocycles. The van der Waals surface area contributed by atoms with E-state index in [0.717, 1.165) is 18.4 Å². The van der Waals surface area contributed by atoms with Gasteiger partial charge in [-0.15, -0.1) is 0 Å². The number of para-hydroxylation sites is 1. The van der Waals surface area contributed by atoms with Gasteiger partial charge in [0, 0.05) is 0 Å². The van der Waals surface area contributed by atoms with Crippen molar-refractivity contribution in [1.29, 1.82) is 0 Å². The summed E-state index contributed by atoms with van der Waals surface area (Å²) in [4.78, 5) is 0. The van der Waals surface area contributed by atoms with Crippen LogP contribution in [0.25, 0.3) is 0 Å². The van der Waals surface area contributed by atoms with E-state index in [1.165, 1.54) is 5.56 Å². The first kappa shape index (κ1) is 11.7. The van der Waals surface area contributed by atoms with E-state index in [9.17, 15) is 5.11 Å². The van der Waals surface area contributed by atoms with Crippen LogP contribution in [0.4, 0.5) is 0 Å². The molecule has 88 valence electrons. The summed E-state index contributed by atoms with van der Waals surface area (Å²) >= 11 is 0. The third-order valence-electron chi connectivity index (χ3n) is 2.99. The molecule has 0 heterocycles. The van der Waals surface area contributed by atoms with Gasteiger partial charge in [0.05, 0.1) is 0 Å². The van der Waals surface area contributed by atoms with Gasteiger partial charge in [0.2, 0.25) is 0 Å². The fraction of sp³-hybridized carbons (Fsp3) is 0.250. The van der Waals surface area contributed by atoms with E-state index in [4.69, 9.17) is 0 Å². The molecule has 1 nitrogen and oxygen atoms in total. The van der Waals surface area contributed by atoms with Crippen molar-refractivity contribution in [2.75, 3.05) is 0 Å². The minimum absolute atomic E-state index is 0.410. The van der Waals surface area contributed by atoms with Crippen LogP contribution in [-0.2, 0) is 12.8 Å². The highest BCUT2D eigenvalue weighted by molar-refractivity contribution is 5.32. The molecule has 2 aromatic rings. The fourth-order valence-electron chi connectivity index (χ4n) is 2.15. The second-order valence-electron chi connectivity index (χ2n) is 4.63. The molecule has 2 aromatic carbocycles. The largest absolute Gasteiger partial charge is 0.508 e. The topological polar surface area (TPSA) is 20.2 Å². The monoisotopic (exact) mass is 226 g/mol. The smallest absolute Gasteiger partial charge is 0.118 e. The molecule has 0 spiro atoms. The molecule has 0 bridgehead atoms. The normalized spacial score (nSPS) is 12.3. The maximum absolute atomic E-state index is 9.73. The van der Waals surface area contributed by atoms with Crippen molar-refractivity contribution in [2.45, 2.75) is 19.8 Å².